The molecule has 0 aromatic heterocycles. The summed E-state index contributed by atoms with van der Waals surface area (Å²) in [6, 6.07) is 10.3. The molecule has 0 N–H and O–H groups in total. The predicted octanol–water partition coefficient (Wildman–Crippen LogP) is 7.72. The Balaban J connectivity index is 1.66. The second-order valence-corrected chi connectivity index (χ2v) is 9.25. The van der Waals surface area contributed by atoms with Crippen LogP contribution in [0.2, 0.25) is 0 Å². The molecule has 0 fully saturated rings. The number of alkyl halides is 3. The number of nitrogens with zero attached hydrogens (tertiary/aromatic N) is 1. The molecule has 1 heterocycles. The lowest BCUT2D eigenvalue weighted by Crippen LogP contribution is -2.35. The summed E-state index contributed by atoms with van der Waals surface area (Å²) in [4.78, 5) is 17.0. The van der Waals surface area contributed by atoms with Crippen LogP contribution in [-0.4, -0.2) is 17.4 Å². The van der Waals surface area contributed by atoms with Crippen molar-refractivity contribution in [1.82, 2.24) is 4.90 Å². The number of hydrogen-bond donors (Lipinski definition) is 0. The van der Waals surface area contributed by atoms with Gasteiger partial charge in [0.05, 0.1) is 12.0 Å². The van der Waals surface area contributed by atoms with Gasteiger partial charge in [-0.1, -0.05) is 36.9 Å². The third-order valence-electron chi connectivity index (χ3n) is 5.39. The van der Waals surface area contributed by atoms with Gasteiger partial charge in [0.2, 0.25) is 5.91 Å². The highest BCUT2D eigenvalue weighted by Gasteiger charge is 2.30. The molecule has 2 aromatic rings. The normalized spacial score (nSPS) is 14.8. The maximum Gasteiger partial charge on any atom is 0.416 e. The monoisotopic (exact) mass is 475 g/mol. The first-order chi connectivity index (χ1) is 15.7. The molecule has 0 saturated heterocycles. The summed E-state index contributed by atoms with van der Waals surface area (Å²) in [7, 11) is 0. The van der Waals surface area contributed by atoms with E-state index in [2.05, 4.69) is 19.9 Å². The van der Waals surface area contributed by atoms with E-state index in [4.69, 9.17) is 4.74 Å². The lowest BCUT2D eigenvalue weighted by atomic mass is 9.99. The Bertz CT molecular complexity index is 1040. The molecule has 3 nitrogen and oxygen atoms in total. The van der Waals surface area contributed by atoms with Gasteiger partial charge in [-0.25, -0.2) is 0 Å². The molecule has 2 aromatic carbocycles. The summed E-state index contributed by atoms with van der Waals surface area (Å²) >= 11 is 1.64. The fraction of sp³-hybridized carbons (Fsp3) is 0.346. The fourth-order valence-corrected chi connectivity index (χ4v) is 4.63. The molecule has 0 aliphatic carbocycles. The second-order valence-electron chi connectivity index (χ2n) is 7.88. The zero-order chi connectivity index (χ0) is 24.0. The lowest BCUT2D eigenvalue weighted by Gasteiger charge is -2.29. The number of hydrogen-bond acceptors (Lipinski definition) is 3. The molecule has 1 aliphatic rings. The molecule has 0 saturated carbocycles. The van der Waals surface area contributed by atoms with E-state index in [1.165, 1.54) is 17.0 Å². The summed E-state index contributed by atoms with van der Waals surface area (Å²) in [5.74, 6) is 0.949. The van der Waals surface area contributed by atoms with Gasteiger partial charge in [-0.2, -0.15) is 13.2 Å². The number of allylic oxidation sites excluding steroid dienone is 3. The van der Waals surface area contributed by atoms with Crippen molar-refractivity contribution in [2.45, 2.75) is 52.8 Å². The minimum Gasteiger partial charge on any atom is -0.457 e. The number of rotatable bonds is 7. The van der Waals surface area contributed by atoms with E-state index in [1.807, 2.05) is 36.1 Å². The molecule has 0 spiro atoms. The highest BCUT2D eigenvalue weighted by Crippen LogP contribution is 2.33. The van der Waals surface area contributed by atoms with Crippen molar-refractivity contribution in [3.63, 3.8) is 0 Å². The molecule has 0 radical (unpaired) electrons. The Hall–Kier alpha value is -2.67. The Morgan fingerprint density at radius 3 is 2.45 bits per heavy atom. The Kier molecular flexibility index (Phi) is 8.30. The number of halogens is 3. The van der Waals surface area contributed by atoms with Gasteiger partial charge in [0, 0.05) is 13.1 Å². The minimum absolute atomic E-state index is 0.0830. The summed E-state index contributed by atoms with van der Waals surface area (Å²) in [5.41, 5.74) is 1.44. The predicted molar refractivity (Wildman–Crippen MR) is 127 cm³/mol. The maximum atomic E-state index is 12.9. The van der Waals surface area contributed by atoms with Crippen molar-refractivity contribution in [2.75, 3.05) is 6.54 Å². The van der Waals surface area contributed by atoms with Crippen LogP contribution in [0.25, 0.3) is 0 Å². The van der Waals surface area contributed by atoms with Gasteiger partial charge in [0.15, 0.2) is 0 Å². The standard InChI is InChI=1S/C26H28F3NO2S/c1-4-6-18(3)33-24(5-2)16-25(31)30-14-13-19-7-10-23(15-20(19)17-30)32-22-11-8-21(9-12-22)26(27,28)29/h5-12,15H,4,13-14,16-17H2,1-3H3/b18-6+,24-5-. The van der Waals surface area contributed by atoms with Crippen molar-refractivity contribution in [1.29, 1.82) is 0 Å². The van der Waals surface area contributed by atoms with E-state index in [1.54, 1.807) is 11.8 Å². The molecule has 0 unspecified atom stereocenters. The van der Waals surface area contributed by atoms with Gasteiger partial charge in [0.25, 0.3) is 0 Å². The van der Waals surface area contributed by atoms with Crippen LogP contribution in [0.3, 0.4) is 0 Å². The molecule has 0 bridgehead atoms. The van der Waals surface area contributed by atoms with Gasteiger partial charge < -0.3 is 9.64 Å². The number of ether oxygens (including phenoxy) is 1. The summed E-state index contributed by atoms with van der Waals surface area (Å²) in [6.07, 6.45) is 1.85. The first kappa shape index (κ1) is 25.0. The summed E-state index contributed by atoms with van der Waals surface area (Å²) < 4.78 is 44.0. The number of fused-ring (bicyclic) bond motifs is 1. The molecule has 0 atom stereocenters. The zero-order valence-corrected chi connectivity index (χ0v) is 19.9. The topological polar surface area (TPSA) is 29.5 Å². The van der Waals surface area contributed by atoms with Gasteiger partial charge in [-0.3, -0.25) is 4.79 Å². The van der Waals surface area contributed by atoms with E-state index in [-0.39, 0.29) is 5.91 Å². The van der Waals surface area contributed by atoms with Crippen LogP contribution in [0.15, 0.2) is 64.4 Å². The number of thioether (sulfide) groups is 1. The van der Waals surface area contributed by atoms with E-state index in [9.17, 15) is 18.0 Å². The molecule has 176 valence electrons. The van der Waals surface area contributed by atoms with Crippen molar-refractivity contribution in [2.24, 2.45) is 0 Å². The highest BCUT2D eigenvalue weighted by molar-refractivity contribution is 8.06. The second kappa shape index (κ2) is 11.0. The third kappa shape index (κ3) is 6.90. The molecule has 3 rings (SSSR count). The minimum atomic E-state index is -4.38. The van der Waals surface area contributed by atoms with Crippen LogP contribution in [0.5, 0.6) is 11.5 Å². The molecule has 7 heteroatoms. The lowest BCUT2D eigenvalue weighted by molar-refractivity contribution is -0.137. The zero-order valence-electron chi connectivity index (χ0n) is 19.0. The van der Waals surface area contributed by atoms with Crippen LogP contribution >= 0.6 is 11.8 Å². The molecular formula is C26H28F3NO2S. The molecular weight excluding hydrogens is 447 g/mol. The molecule has 1 amide bonds. The average molecular weight is 476 g/mol. The average Bonchev–Trinajstić information content (AvgIpc) is 2.78. The number of benzene rings is 2. The van der Waals surface area contributed by atoms with Crippen LogP contribution in [0.4, 0.5) is 13.2 Å². The van der Waals surface area contributed by atoms with Crippen LogP contribution in [-0.2, 0) is 23.9 Å². The number of amides is 1. The smallest absolute Gasteiger partial charge is 0.416 e. The van der Waals surface area contributed by atoms with Crippen LogP contribution in [0, 0.1) is 0 Å². The highest BCUT2D eigenvalue weighted by atomic mass is 32.2. The first-order valence-corrected chi connectivity index (χ1v) is 11.8. The fourth-order valence-electron chi connectivity index (χ4n) is 3.65. The van der Waals surface area contributed by atoms with Crippen LogP contribution < -0.4 is 4.74 Å². The van der Waals surface area contributed by atoms with E-state index >= 15 is 0 Å². The Morgan fingerprint density at radius 1 is 1.12 bits per heavy atom. The number of carbonyl (C=O) groups is 1. The SMILES string of the molecule is C/C=C(/CC(=O)N1CCc2ccc(Oc3ccc(C(F)(F)F)cc3)cc2C1)S/C(C)=C/CC. The van der Waals surface area contributed by atoms with Crippen molar-refractivity contribution in [3.05, 3.63) is 81.1 Å². The van der Waals surface area contributed by atoms with Gasteiger partial charge in [-0.05, 0) is 84.0 Å². The summed E-state index contributed by atoms with van der Waals surface area (Å²) in [6.45, 7) is 7.24. The van der Waals surface area contributed by atoms with Gasteiger partial charge in [0.1, 0.15) is 11.5 Å². The van der Waals surface area contributed by atoms with Gasteiger partial charge in [-0.15, -0.1) is 0 Å². The Morgan fingerprint density at radius 2 is 1.82 bits per heavy atom. The van der Waals surface area contributed by atoms with E-state index in [0.717, 1.165) is 41.0 Å². The summed E-state index contributed by atoms with van der Waals surface area (Å²) in [5, 5.41) is 0. The van der Waals surface area contributed by atoms with Crippen LogP contribution in [0.1, 0.15) is 50.3 Å². The van der Waals surface area contributed by atoms with Crippen molar-refractivity contribution >= 4 is 17.7 Å². The van der Waals surface area contributed by atoms with Crippen molar-refractivity contribution in [3.8, 4) is 11.5 Å². The van der Waals surface area contributed by atoms with E-state index < -0.39 is 11.7 Å². The quantitative estimate of drug-likeness (QED) is 0.410. The molecule has 33 heavy (non-hydrogen) atoms. The third-order valence-corrected chi connectivity index (χ3v) is 6.52. The van der Waals surface area contributed by atoms with Crippen molar-refractivity contribution < 1.29 is 22.7 Å². The van der Waals surface area contributed by atoms with Gasteiger partial charge >= 0.3 is 6.18 Å². The first-order valence-electron chi connectivity index (χ1n) is 10.9. The Labute approximate surface area is 197 Å². The van der Waals surface area contributed by atoms with E-state index in [0.29, 0.717) is 31.0 Å². The number of carbonyl (C=O) groups excluding carboxylic acids is 1. The maximum absolute atomic E-state index is 12.9. The molecule has 1 aliphatic heterocycles. The largest absolute Gasteiger partial charge is 0.457 e.